The van der Waals surface area contributed by atoms with E-state index in [4.69, 9.17) is 21.2 Å². The topological polar surface area (TPSA) is 124 Å². The van der Waals surface area contributed by atoms with Crippen LogP contribution in [0.25, 0.3) is 0 Å². The van der Waals surface area contributed by atoms with Crippen molar-refractivity contribution in [1.29, 1.82) is 5.26 Å². The van der Waals surface area contributed by atoms with Crippen LogP contribution in [0.15, 0.2) is 11.3 Å². The van der Waals surface area contributed by atoms with E-state index in [1.807, 2.05) is 0 Å². The molecular formula is C6H6N2O4. The van der Waals surface area contributed by atoms with Crippen molar-refractivity contribution in [2.45, 2.75) is 6.42 Å². The Morgan fingerprint density at radius 1 is 1.42 bits per heavy atom. The number of nitrogens with zero attached hydrogens (tertiary/aromatic N) is 1. The molecule has 0 aliphatic rings. The second kappa shape index (κ2) is 3.98. The van der Waals surface area contributed by atoms with Crippen LogP contribution in [0, 0.1) is 11.3 Å². The molecule has 0 heterocycles. The molecule has 0 aromatic heterocycles. The van der Waals surface area contributed by atoms with E-state index in [0.29, 0.717) is 0 Å². The fraction of sp³-hybridized carbons (Fsp3) is 0.167. The Hall–Kier alpha value is -2.03. The van der Waals surface area contributed by atoms with Crippen LogP contribution in [0.1, 0.15) is 6.42 Å². The zero-order chi connectivity index (χ0) is 9.72. The number of nitriles is 1. The molecule has 0 saturated heterocycles. The van der Waals surface area contributed by atoms with Crippen molar-refractivity contribution < 1.29 is 19.8 Å². The van der Waals surface area contributed by atoms with Gasteiger partial charge in [-0.1, -0.05) is 0 Å². The van der Waals surface area contributed by atoms with Gasteiger partial charge in [-0.05, 0) is 0 Å². The lowest BCUT2D eigenvalue weighted by molar-refractivity contribution is -0.136. The van der Waals surface area contributed by atoms with Crippen LogP contribution in [0.5, 0.6) is 0 Å². The van der Waals surface area contributed by atoms with Crippen LogP contribution in [-0.2, 0) is 9.59 Å². The summed E-state index contributed by atoms with van der Waals surface area (Å²) >= 11 is 0. The van der Waals surface area contributed by atoms with E-state index < -0.39 is 29.6 Å². The maximum absolute atomic E-state index is 10.2. The number of carbonyl (C=O) groups is 2. The highest BCUT2D eigenvalue weighted by atomic mass is 16.4. The molecule has 6 heteroatoms. The lowest BCUT2D eigenvalue weighted by Crippen LogP contribution is -2.12. The van der Waals surface area contributed by atoms with E-state index in [0.717, 1.165) is 0 Å². The Bertz CT molecular complexity index is 286. The van der Waals surface area contributed by atoms with Gasteiger partial charge in [-0.2, -0.15) is 5.26 Å². The normalized spacial score (nSPS) is 11.2. The third-order valence-corrected chi connectivity index (χ3v) is 0.988. The average Bonchev–Trinajstić information content (AvgIpc) is 1.85. The number of nitrogens with two attached hydrogens (primary N) is 1. The van der Waals surface area contributed by atoms with E-state index in [1.165, 1.54) is 6.07 Å². The Morgan fingerprint density at radius 3 is 2.17 bits per heavy atom. The number of rotatable bonds is 3. The summed E-state index contributed by atoms with van der Waals surface area (Å²) in [5.41, 5.74) is 3.85. The molecule has 0 bridgehead atoms. The predicted molar refractivity (Wildman–Crippen MR) is 36.7 cm³/mol. The summed E-state index contributed by atoms with van der Waals surface area (Å²) in [6.07, 6.45) is -0.644. The average molecular weight is 170 g/mol. The first-order valence-electron chi connectivity index (χ1n) is 2.82. The van der Waals surface area contributed by atoms with Gasteiger partial charge >= 0.3 is 11.9 Å². The molecule has 4 N–H and O–H groups in total. The van der Waals surface area contributed by atoms with Crippen molar-refractivity contribution in [1.82, 2.24) is 0 Å². The number of hydrogen-bond acceptors (Lipinski definition) is 4. The third-order valence-electron chi connectivity index (χ3n) is 0.988. The molecule has 0 atom stereocenters. The lowest BCUT2D eigenvalue weighted by Gasteiger charge is -1.96. The summed E-state index contributed by atoms with van der Waals surface area (Å²) in [6, 6.07) is 1.30. The van der Waals surface area contributed by atoms with E-state index in [9.17, 15) is 9.59 Å². The van der Waals surface area contributed by atoms with Crippen LogP contribution < -0.4 is 5.73 Å². The van der Waals surface area contributed by atoms with Gasteiger partial charge in [0.15, 0.2) is 5.57 Å². The zero-order valence-corrected chi connectivity index (χ0v) is 5.94. The molecule has 0 fully saturated rings. The van der Waals surface area contributed by atoms with E-state index in [1.54, 1.807) is 0 Å². The SMILES string of the molecule is N#CC(C(=O)O)=C(N)CC(=O)O. The van der Waals surface area contributed by atoms with E-state index >= 15 is 0 Å². The first-order valence-corrected chi connectivity index (χ1v) is 2.82. The summed E-state index contributed by atoms with van der Waals surface area (Å²) in [7, 11) is 0. The van der Waals surface area contributed by atoms with Crippen molar-refractivity contribution in [3.8, 4) is 6.07 Å². The molecule has 0 spiro atoms. The van der Waals surface area contributed by atoms with Crippen molar-refractivity contribution >= 4 is 11.9 Å². The molecule has 64 valence electrons. The van der Waals surface area contributed by atoms with Gasteiger partial charge in [0.05, 0.1) is 6.42 Å². The lowest BCUT2D eigenvalue weighted by atomic mass is 10.2. The van der Waals surface area contributed by atoms with Gasteiger partial charge in [-0.15, -0.1) is 0 Å². The minimum absolute atomic E-state index is 0.447. The third kappa shape index (κ3) is 2.70. The molecule has 12 heavy (non-hydrogen) atoms. The monoisotopic (exact) mass is 170 g/mol. The van der Waals surface area contributed by atoms with Gasteiger partial charge in [0.25, 0.3) is 0 Å². The van der Waals surface area contributed by atoms with Gasteiger partial charge in [-0.25, -0.2) is 4.79 Å². The van der Waals surface area contributed by atoms with Crippen LogP contribution in [0.3, 0.4) is 0 Å². The Labute approximate surface area is 67.5 Å². The quantitative estimate of drug-likeness (QED) is 0.379. The number of hydrogen-bond donors (Lipinski definition) is 3. The summed E-state index contributed by atoms with van der Waals surface area (Å²) < 4.78 is 0. The maximum atomic E-state index is 10.2. The van der Waals surface area contributed by atoms with Crippen molar-refractivity contribution in [3.05, 3.63) is 11.3 Å². The van der Waals surface area contributed by atoms with Crippen molar-refractivity contribution in [2.75, 3.05) is 0 Å². The maximum Gasteiger partial charge on any atom is 0.348 e. The van der Waals surface area contributed by atoms with E-state index in [-0.39, 0.29) is 0 Å². The number of aliphatic carboxylic acids is 2. The molecule has 0 aliphatic heterocycles. The van der Waals surface area contributed by atoms with Crippen LogP contribution in [0.2, 0.25) is 0 Å². The largest absolute Gasteiger partial charge is 0.481 e. The molecule has 0 aromatic carbocycles. The molecule has 0 unspecified atom stereocenters. The standard InChI is InChI=1S/C6H6N2O4/c7-2-3(6(11)12)4(8)1-5(9)10/h1,8H2,(H,9,10)(H,11,12). The van der Waals surface area contributed by atoms with Gasteiger partial charge in [0, 0.05) is 5.70 Å². The van der Waals surface area contributed by atoms with Crippen LogP contribution >= 0.6 is 0 Å². The number of carboxylic acid groups (broad SMARTS) is 2. The Balaban J connectivity index is 4.76. The first kappa shape index (κ1) is 9.97. The summed E-state index contributed by atoms with van der Waals surface area (Å²) in [6.45, 7) is 0. The zero-order valence-electron chi connectivity index (χ0n) is 5.94. The van der Waals surface area contributed by atoms with Crippen molar-refractivity contribution in [3.63, 3.8) is 0 Å². The molecule has 0 aromatic rings. The first-order chi connectivity index (χ1) is 5.49. The second-order valence-corrected chi connectivity index (χ2v) is 1.89. The Kier molecular flexibility index (Phi) is 3.30. The highest BCUT2D eigenvalue weighted by Crippen LogP contribution is 2.01. The highest BCUT2D eigenvalue weighted by Gasteiger charge is 2.13. The van der Waals surface area contributed by atoms with Gasteiger partial charge in [-0.3, -0.25) is 4.79 Å². The molecule has 0 rings (SSSR count). The molecular weight excluding hydrogens is 164 g/mol. The van der Waals surface area contributed by atoms with Crippen LogP contribution in [-0.4, -0.2) is 22.2 Å². The molecule has 0 saturated carbocycles. The minimum atomic E-state index is -1.52. The molecule has 0 aliphatic carbocycles. The Morgan fingerprint density at radius 2 is 1.92 bits per heavy atom. The van der Waals surface area contributed by atoms with Gasteiger partial charge in [0.2, 0.25) is 0 Å². The molecule has 0 amide bonds. The van der Waals surface area contributed by atoms with Gasteiger partial charge in [0.1, 0.15) is 6.07 Å². The van der Waals surface area contributed by atoms with E-state index in [2.05, 4.69) is 0 Å². The second-order valence-electron chi connectivity index (χ2n) is 1.89. The number of carboxylic acids is 2. The molecule has 0 radical (unpaired) electrons. The van der Waals surface area contributed by atoms with Crippen molar-refractivity contribution in [2.24, 2.45) is 5.73 Å². The smallest absolute Gasteiger partial charge is 0.348 e. The summed E-state index contributed by atoms with van der Waals surface area (Å²) in [4.78, 5) is 20.2. The summed E-state index contributed by atoms with van der Waals surface area (Å²) in [5.74, 6) is -2.79. The molecule has 6 nitrogen and oxygen atoms in total. The fourth-order valence-corrected chi connectivity index (χ4v) is 0.508. The minimum Gasteiger partial charge on any atom is -0.481 e. The summed E-state index contributed by atoms with van der Waals surface area (Å²) in [5, 5.41) is 24.7. The highest BCUT2D eigenvalue weighted by molar-refractivity contribution is 5.92. The fourth-order valence-electron chi connectivity index (χ4n) is 0.508. The van der Waals surface area contributed by atoms with Gasteiger partial charge < -0.3 is 15.9 Å². The van der Waals surface area contributed by atoms with Crippen LogP contribution in [0.4, 0.5) is 0 Å². The predicted octanol–water partition coefficient (Wildman–Crippen LogP) is -0.718.